The minimum Gasteiger partial charge on any atom is -0.319 e. The van der Waals surface area contributed by atoms with Crippen LogP contribution in [-0.4, -0.2) is 19.9 Å². The number of hydrogen-bond acceptors (Lipinski definition) is 4. The van der Waals surface area contributed by atoms with E-state index in [-0.39, 0.29) is 16.8 Å². The molecule has 0 aliphatic carbocycles. The Morgan fingerprint density at radius 3 is 2.16 bits per heavy atom. The fourth-order valence-corrected chi connectivity index (χ4v) is 2.75. The quantitative estimate of drug-likeness (QED) is 0.553. The molecule has 2 aromatic carbocycles. The van der Waals surface area contributed by atoms with E-state index in [0.717, 1.165) is 5.56 Å². The van der Waals surface area contributed by atoms with E-state index in [1.165, 1.54) is 0 Å². The summed E-state index contributed by atoms with van der Waals surface area (Å²) < 4.78 is 0. The van der Waals surface area contributed by atoms with Crippen molar-refractivity contribution in [1.29, 1.82) is 0 Å². The van der Waals surface area contributed by atoms with Crippen molar-refractivity contribution >= 4 is 27.6 Å². The molecule has 0 aliphatic heterocycles. The first-order valence-corrected chi connectivity index (χ1v) is 7.72. The Kier molecular flexibility index (Phi) is 3.32. The number of benzene rings is 2. The van der Waals surface area contributed by atoms with Crippen LogP contribution in [0.2, 0.25) is 0 Å². The lowest BCUT2D eigenvalue weighted by molar-refractivity contribution is 1.17. The van der Waals surface area contributed by atoms with Gasteiger partial charge < -0.3 is 9.97 Å². The summed E-state index contributed by atoms with van der Waals surface area (Å²) >= 11 is 0. The van der Waals surface area contributed by atoms with Crippen LogP contribution in [0.25, 0.3) is 38.9 Å². The fraction of sp³-hybridized carbons (Fsp3) is 0.0526. The third kappa shape index (κ3) is 2.53. The fourth-order valence-electron chi connectivity index (χ4n) is 2.75. The zero-order valence-electron chi connectivity index (χ0n) is 13.5. The van der Waals surface area contributed by atoms with Crippen LogP contribution < -0.4 is 11.1 Å². The minimum absolute atomic E-state index is 0.275. The van der Waals surface area contributed by atoms with Gasteiger partial charge >= 0.3 is 0 Å². The molecule has 25 heavy (non-hydrogen) atoms. The summed E-state index contributed by atoms with van der Waals surface area (Å²) in [5.74, 6) is 0. The molecule has 0 unspecified atom stereocenters. The summed E-state index contributed by atoms with van der Waals surface area (Å²) in [7, 11) is 0. The molecular weight excluding hydrogens is 316 g/mol. The third-order valence-corrected chi connectivity index (χ3v) is 3.96. The Bertz CT molecular complexity index is 1250. The lowest BCUT2D eigenvalue weighted by Gasteiger charge is -2.06. The first-order valence-electron chi connectivity index (χ1n) is 7.72. The summed E-state index contributed by atoms with van der Waals surface area (Å²) in [6, 6.07) is 12.6. The molecule has 0 bridgehead atoms. The first-order chi connectivity index (χ1) is 12.0. The van der Waals surface area contributed by atoms with Gasteiger partial charge in [0.05, 0.1) is 22.1 Å². The van der Waals surface area contributed by atoms with Crippen molar-refractivity contribution in [2.45, 2.75) is 6.92 Å². The van der Waals surface area contributed by atoms with Crippen LogP contribution >= 0.6 is 0 Å². The Hall–Kier alpha value is -3.54. The molecule has 0 atom stereocenters. The van der Waals surface area contributed by atoms with E-state index in [2.05, 4.69) is 26.5 Å². The second-order valence-electron chi connectivity index (χ2n) is 5.86. The number of H-pyrrole nitrogens is 2. The molecule has 4 aromatic rings. The van der Waals surface area contributed by atoms with Crippen LogP contribution in [0.5, 0.6) is 0 Å². The predicted molar refractivity (Wildman–Crippen MR) is 98.4 cm³/mol. The van der Waals surface area contributed by atoms with Crippen LogP contribution in [0.4, 0.5) is 0 Å². The van der Waals surface area contributed by atoms with Gasteiger partial charge in [0.15, 0.2) is 0 Å². The van der Waals surface area contributed by atoms with E-state index in [1.807, 2.05) is 30.3 Å². The molecule has 2 N–H and O–H groups in total. The molecule has 0 amide bonds. The van der Waals surface area contributed by atoms with Gasteiger partial charge in [-0.05, 0) is 24.6 Å². The highest BCUT2D eigenvalue weighted by Crippen LogP contribution is 2.19. The van der Waals surface area contributed by atoms with Gasteiger partial charge in [-0.3, -0.25) is 9.59 Å². The van der Waals surface area contributed by atoms with Gasteiger partial charge in [-0.15, -0.1) is 0 Å². The van der Waals surface area contributed by atoms with Gasteiger partial charge in [-0.2, -0.15) is 0 Å². The smallest absolute Gasteiger partial charge is 0.274 e. The van der Waals surface area contributed by atoms with Crippen LogP contribution in [-0.2, 0) is 0 Å². The van der Waals surface area contributed by atoms with Crippen molar-refractivity contribution < 1.29 is 0 Å². The van der Waals surface area contributed by atoms with E-state index >= 15 is 0 Å². The maximum Gasteiger partial charge on any atom is 0.274 e. The van der Waals surface area contributed by atoms with Crippen LogP contribution in [0, 0.1) is 0 Å². The van der Waals surface area contributed by atoms with Crippen LogP contribution in [0.15, 0.2) is 58.6 Å². The molecule has 122 valence electrons. The van der Waals surface area contributed by atoms with Crippen molar-refractivity contribution in [3.63, 3.8) is 0 Å². The maximum absolute atomic E-state index is 12.4. The third-order valence-electron chi connectivity index (χ3n) is 3.96. The molecule has 2 aromatic heterocycles. The highest BCUT2D eigenvalue weighted by atomic mass is 16.1. The van der Waals surface area contributed by atoms with E-state index in [9.17, 15) is 9.59 Å². The predicted octanol–water partition coefficient (Wildman–Crippen LogP) is 2.86. The summed E-state index contributed by atoms with van der Waals surface area (Å²) in [5, 5.41) is 0. The lowest BCUT2D eigenvalue weighted by atomic mass is 10.1. The molecule has 0 aliphatic rings. The molecular formula is C19H14N4O2. The standard InChI is InChI=1S/C19H14N4O2/c1-10(2)16-18(24)22-14-9-13-15(8-12(14)20-16)23-19(25)17(21-13)11-6-4-3-5-7-11/h3-9H,1H2,2H3,(H,22,24)(H,23,25). The maximum atomic E-state index is 12.4. The van der Waals surface area contributed by atoms with Gasteiger partial charge in [0.25, 0.3) is 11.1 Å². The van der Waals surface area contributed by atoms with E-state index in [4.69, 9.17) is 0 Å². The molecule has 4 rings (SSSR count). The molecule has 0 spiro atoms. The van der Waals surface area contributed by atoms with Gasteiger partial charge in [0, 0.05) is 5.56 Å². The molecule has 6 heteroatoms. The van der Waals surface area contributed by atoms with Crippen molar-refractivity contribution in [3.8, 4) is 11.3 Å². The second-order valence-corrected chi connectivity index (χ2v) is 5.86. The minimum atomic E-state index is -0.299. The number of hydrogen-bond donors (Lipinski definition) is 2. The number of nitrogens with zero attached hydrogens (tertiary/aromatic N) is 2. The van der Waals surface area contributed by atoms with Crippen molar-refractivity contribution in [3.05, 3.63) is 75.4 Å². The van der Waals surface area contributed by atoms with E-state index in [0.29, 0.717) is 33.3 Å². The van der Waals surface area contributed by atoms with Crippen LogP contribution in [0.3, 0.4) is 0 Å². The molecule has 0 saturated carbocycles. The summed E-state index contributed by atoms with van der Waals surface area (Å²) in [4.78, 5) is 38.9. The topological polar surface area (TPSA) is 91.5 Å². The van der Waals surface area contributed by atoms with Gasteiger partial charge in [-0.25, -0.2) is 9.97 Å². The van der Waals surface area contributed by atoms with Crippen molar-refractivity contribution in [1.82, 2.24) is 19.9 Å². The molecule has 0 radical (unpaired) electrons. The van der Waals surface area contributed by atoms with Gasteiger partial charge in [-0.1, -0.05) is 36.9 Å². The Morgan fingerprint density at radius 1 is 0.920 bits per heavy atom. The molecule has 2 heterocycles. The SMILES string of the molecule is C=C(C)c1nc2cc3[nH]c(=O)c(-c4ccccc4)nc3cc2[nH]c1=O. The number of aromatic nitrogens is 4. The number of nitrogens with one attached hydrogen (secondary N) is 2. The number of rotatable bonds is 2. The van der Waals surface area contributed by atoms with Gasteiger partial charge in [0.1, 0.15) is 11.4 Å². The molecule has 0 fully saturated rings. The normalized spacial score (nSPS) is 11.1. The Balaban J connectivity index is 2.02. The zero-order chi connectivity index (χ0) is 17.6. The Labute approximate surface area is 141 Å². The first kappa shape index (κ1) is 15.0. The summed E-state index contributed by atoms with van der Waals surface area (Å²) in [6.07, 6.45) is 0. The highest BCUT2D eigenvalue weighted by molar-refractivity contribution is 5.91. The number of fused-ring (bicyclic) bond motifs is 2. The van der Waals surface area contributed by atoms with E-state index in [1.54, 1.807) is 19.1 Å². The summed E-state index contributed by atoms with van der Waals surface area (Å²) in [6.45, 7) is 5.48. The summed E-state index contributed by atoms with van der Waals surface area (Å²) in [5.41, 5.74) is 3.61. The average molecular weight is 330 g/mol. The Morgan fingerprint density at radius 2 is 1.52 bits per heavy atom. The van der Waals surface area contributed by atoms with Crippen LogP contribution in [0.1, 0.15) is 12.6 Å². The van der Waals surface area contributed by atoms with E-state index < -0.39 is 0 Å². The average Bonchev–Trinajstić information content (AvgIpc) is 2.60. The zero-order valence-corrected chi connectivity index (χ0v) is 13.5. The molecule has 0 saturated heterocycles. The highest BCUT2D eigenvalue weighted by Gasteiger charge is 2.11. The number of allylic oxidation sites excluding steroid dienone is 1. The largest absolute Gasteiger partial charge is 0.319 e. The lowest BCUT2D eigenvalue weighted by Crippen LogP contribution is -2.14. The van der Waals surface area contributed by atoms with Gasteiger partial charge in [0.2, 0.25) is 0 Å². The second kappa shape index (κ2) is 5.52. The number of aromatic amines is 2. The molecule has 6 nitrogen and oxygen atoms in total. The monoisotopic (exact) mass is 330 g/mol. The van der Waals surface area contributed by atoms with Crippen molar-refractivity contribution in [2.24, 2.45) is 0 Å². The van der Waals surface area contributed by atoms with Crippen molar-refractivity contribution in [2.75, 3.05) is 0 Å².